The number of fused-ring (bicyclic) bond motifs is 1. The molecule has 25 heavy (non-hydrogen) atoms. The van der Waals surface area contributed by atoms with Gasteiger partial charge in [0, 0.05) is 18.5 Å². The number of rotatable bonds is 3. The summed E-state index contributed by atoms with van der Waals surface area (Å²) < 4.78 is 44.7. The number of carbonyl (C=O) groups excluding carboxylic acids is 1. The Morgan fingerprint density at radius 3 is 2.88 bits per heavy atom. The highest BCUT2D eigenvalue weighted by Crippen LogP contribution is 2.32. The van der Waals surface area contributed by atoms with Crippen LogP contribution in [0, 0.1) is 5.92 Å². The maximum Gasteiger partial charge on any atom is 0.416 e. The van der Waals surface area contributed by atoms with Gasteiger partial charge in [0.25, 0.3) is 0 Å². The molecule has 3 atom stereocenters. The van der Waals surface area contributed by atoms with E-state index in [0.29, 0.717) is 25.7 Å². The fourth-order valence-corrected chi connectivity index (χ4v) is 3.80. The summed E-state index contributed by atoms with van der Waals surface area (Å²) in [4.78, 5) is 14.3. The van der Waals surface area contributed by atoms with Crippen molar-refractivity contribution in [2.75, 3.05) is 19.8 Å². The average molecular weight is 356 g/mol. The van der Waals surface area contributed by atoms with E-state index in [9.17, 15) is 18.0 Å². The highest BCUT2D eigenvalue weighted by molar-refractivity contribution is 5.75. The lowest BCUT2D eigenvalue weighted by molar-refractivity contribution is -0.138. The Morgan fingerprint density at radius 1 is 1.36 bits per heavy atom. The third kappa shape index (κ3) is 4.08. The van der Waals surface area contributed by atoms with Crippen LogP contribution in [0.15, 0.2) is 24.3 Å². The van der Waals surface area contributed by atoms with Gasteiger partial charge in [-0.2, -0.15) is 13.2 Å². The normalized spacial score (nSPS) is 24.7. The van der Waals surface area contributed by atoms with E-state index < -0.39 is 17.8 Å². The predicted octanol–water partition coefficient (Wildman–Crippen LogP) is 3.46. The number of amides is 2. The summed E-state index contributed by atoms with van der Waals surface area (Å²) in [6.45, 7) is 3.63. The molecular weight excluding hydrogens is 333 g/mol. The predicted molar refractivity (Wildman–Crippen MR) is 87.2 cm³/mol. The first-order valence-electron chi connectivity index (χ1n) is 8.66. The zero-order chi connectivity index (χ0) is 18.0. The summed E-state index contributed by atoms with van der Waals surface area (Å²) in [6, 6.07) is 5.00. The van der Waals surface area contributed by atoms with Crippen molar-refractivity contribution >= 4 is 6.03 Å². The van der Waals surface area contributed by atoms with Crippen LogP contribution < -0.4 is 5.32 Å². The molecule has 0 spiro atoms. The first-order chi connectivity index (χ1) is 11.9. The minimum atomic E-state index is -4.39. The Balaban J connectivity index is 1.63. The van der Waals surface area contributed by atoms with Gasteiger partial charge in [-0.15, -0.1) is 0 Å². The van der Waals surface area contributed by atoms with Crippen LogP contribution in [0.25, 0.3) is 0 Å². The lowest BCUT2D eigenvalue weighted by Gasteiger charge is -2.37. The molecule has 0 radical (unpaired) electrons. The molecule has 2 fully saturated rings. The molecule has 4 nitrogen and oxygen atoms in total. The smallest absolute Gasteiger partial charge is 0.379 e. The van der Waals surface area contributed by atoms with E-state index in [1.165, 1.54) is 12.1 Å². The standard InChI is InChI=1S/C18H23F3N2O2/c1-12(9-13-5-2-3-7-15(13)18(19,20)21)22-17(24)23-8-4-6-14-10-25-11-16(14)23/h2-3,5,7,12,14,16H,4,6,8-11H2,1H3,(H,22,24)/t12-,14+,16-/m1/s1. The van der Waals surface area contributed by atoms with Crippen molar-refractivity contribution in [2.45, 2.75) is 44.4 Å². The average Bonchev–Trinajstić information content (AvgIpc) is 3.02. The zero-order valence-corrected chi connectivity index (χ0v) is 14.2. The van der Waals surface area contributed by atoms with Crippen molar-refractivity contribution in [1.82, 2.24) is 10.2 Å². The van der Waals surface area contributed by atoms with E-state index in [1.54, 1.807) is 17.9 Å². The summed E-state index contributed by atoms with van der Waals surface area (Å²) >= 11 is 0. The van der Waals surface area contributed by atoms with E-state index in [4.69, 9.17) is 4.74 Å². The number of halogens is 3. The molecular formula is C18H23F3N2O2. The van der Waals surface area contributed by atoms with Gasteiger partial charge in [0.15, 0.2) is 0 Å². The fraction of sp³-hybridized carbons (Fsp3) is 0.611. The van der Waals surface area contributed by atoms with Crippen LogP contribution in [0.2, 0.25) is 0 Å². The monoisotopic (exact) mass is 356 g/mol. The number of urea groups is 1. The van der Waals surface area contributed by atoms with Crippen LogP contribution in [-0.2, 0) is 17.3 Å². The Hall–Kier alpha value is -1.76. The molecule has 2 amide bonds. The molecule has 2 aliphatic rings. The van der Waals surface area contributed by atoms with Gasteiger partial charge < -0.3 is 15.0 Å². The van der Waals surface area contributed by atoms with E-state index in [0.717, 1.165) is 18.9 Å². The topological polar surface area (TPSA) is 41.6 Å². The van der Waals surface area contributed by atoms with Crippen molar-refractivity contribution in [2.24, 2.45) is 5.92 Å². The van der Waals surface area contributed by atoms with Gasteiger partial charge in [0.1, 0.15) is 0 Å². The molecule has 138 valence electrons. The molecule has 1 aromatic carbocycles. The zero-order valence-electron chi connectivity index (χ0n) is 14.2. The summed E-state index contributed by atoms with van der Waals surface area (Å²) in [6.07, 6.45) is -2.26. The molecule has 1 N–H and O–H groups in total. The molecule has 0 aromatic heterocycles. The summed E-state index contributed by atoms with van der Waals surface area (Å²) in [5.41, 5.74) is -0.443. The summed E-state index contributed by atoms with van der Waals surface area (Å²) in [7, 11) is 0. The molecule has 2 heterocycles. The van der Waals surface area contributed by atoms with Crippen molar-refractivity contribution in [3.63, 3.8) is 0 Å². The summed E-state index contributed by atoms with van der Waals surface area (Å²) in [5, 5.41) is 2.85. The molecule has 3 rings (SSSR count). The quantitative estimate of drug-likeness (QED) is 0.901. The van der Waals surface area contributed by atoms with Gasteiger partial charge in [-0.25, -0.2) is 4.79 Å². The van der Waals surface area contributed by atoms with Gasteiger partial charge in [-0.05, 0) is 37.8 Å². The second kappa shape index (κ2) is 7.23. The Labute approximate surface area is 145 Å². The van der Waals surface area contributed by atoms with Crippen LogP contribution in [0.3, 0.4) is 0 Å². The summed E-state index contributed by atoms with van der Waals surface area (Å²) in [5.74, 6) is 0.376. The van der Waals surface area contributed by atoms with Gasteiger partial charge in [-0.3, -0.25) is 0 Å². The number of likely N-dealkylation sites (tertiary alicyclic amines) is 1. The first-order valence-corrected chi connectivity index (χ1v) is 8.66. The maximum atomic E-state index is 13.1. The molecule has 0 unspecified atom stereocenters. The Bertz CT molecular complexity index is 621. The van der Waals surface area contributed by atoms with E-state index >= 15 is 0 Å². The number of nitrogens with zero attached hydrogens (tertiary/aromatic N) is 1. The largest absolute Gasteiger partial charge is 0.416 e. The third-order valence-electron chi connectivity index (χ3n) is 5.02. The minimum Gasteiger partial charge on any atom is -0.379 e. The molecule has 7 heteroatoms. The fourth-order valence-electron chi connectivity index (χ4n) is 3.80. The highest BCUT2D eigenvalue weighted by atomic mass is 19.4. The van der Waals surface area contributed by atoms with Gasteiger partial charge in [0.2, 0.25) is 0 Å². The lowest BCUT2D eigenvalue weighted by atomic mass is 9.92. The lowest BCUT2D eigenvalue weighted by Crippen LogP contribution is -2.53. The van der Waals surface area contributed by atoms with Crippen LogP contribution >= 0.6 is 0 Å². The number of nitrogens with one attached hydrogen (secondary N) is 1. The molecule has 1 aromatic rings. The van der Waals surface area contributed by atoms with Gasteiger partial charge in [-0.1, -0.05) is 18.2 Å². The van der Waals surface area contributed by atoms with Crippen molar-refractivity contribution in [1.29, 1.82) is 0 Å². The Kier molecular flexibility index (Phi) is 5.22. The number of alkyl halides is 3. The van der Waals surface area contributed by atoms with Crippen LogP contribution in [0.1, 0.15) is 30.9 Å². The van der Waals surface area contributed by atoms with Crippen LogP contribution in [-0.4, -0.2) is 42.8 Å². The SMILES string of the molecule is C[C@H](Cc1ccccc1C(F)(F)F)NC(=O)N1CCC[C@H]2COC[C@H]21. The van der Waals surface area contributed by atoms with E-state index in [-0.39, 0.29) is 24.1 Å². The number of ether oxygens (including phenoxy) is 1. The van der Waals surface area contributed by atoms with Crippen molar-refractivity contribution in [3.8, 4) is 0 Å². The van der Waals surface area contributed by atoms with Gasteiger partial charge in [0.05, 0.1) is 24.8 Å². The second-order valence-electron chi connectivity index (χ2n) is 6.91. The number of benzene rings is 1. The number of carbonyl (C=O) groups is 1. The minimum absolute atomic E-state index is 0.0865. The Morgan fingerprint density at radius 2 is 2.12 bits per heavy atom. The molecule has 0 saturated carbocycles. The second-order valence-corrected chi connectivity index (χ2v) is 6.91. The highest BCUT2D eigenvalue weighted by Gasteiger charge is 2.38. The van der Waals surface area contributed by atoms with Crippen molar-refractivity contribution < 1.29 is 22.7 Å². The third-order valence-corrected chi connectivity index (χ3v) is 5.02. The van der Waals surface area contributed by atoms with E-state index in [1.807, 2.05) is 0 Å². The number of hydrogen-bond acceptors (Lipinski definition) is 2. The molecule has 0 bridgehead atoms. The maximum absolute atomic E-state index is 13.1. The van der Waals surface area contributed by atoms with Crippen LogP contribution in [0.4, 0.5) is 18.0 Å². The molecule has 2 saturated heterocycles. The first kappa shape index (κ1) is 18.0. The number of hydrogen-bond donors (Lipinski definition) is 1. The molecule has 2 aliphatic heterocycles. The van der Waals surface area contributed by atoms with Crippen LogP contribution in [0.5, 0.6) is 0 Å². The number of piperidine rings is 1. The van der Waals surface area contributed by atoms with Crippen molar-refractivity contribution in [3.05, 3.63) is 35.4 Å². The molecule has 0 aliphatic carbocycles. The van der Waals surface area contributed by atoms with E-state index in [2.05, 4.69) is 5.32 Å². The van der Waals surface area contributed by atoms with Gasteiger partial charge >= 0.3 is 12.2 Å².